The van der Waals surface area contributed by atoms with Crippen LogP contribution in [0.5, 0.6) is 5.75 Å². The molecule has 0 bridgehead atoms. The van der Waals surface area contributed by atoms with Gasteiger partial charge in [0.2, 0.25) is 0 Å². The molecule has 0 aliphatic heterocycles. The van der Waals surface area contributed by atoms with Crippen molar-refractivity contribution >= 4 is 12.6 Å². The van der Waals surface area contributed by atoms with E-state index in [4.69, 9.17) is 9.39 Å². The summed E-state index contributed by atoms with van der Waals surface area (Å²) in [6.07, 6.45) is 2.24. The van der Waals surface area contributed by atoms with Gasteiger partial charge in [-0.15, -0.1) is 0 Å². The average Bonchev–Trinajstić information content (AvgIpc) is 3.18. The van der Waals surface area contributed by atoms with Crippen LogP contribution >= 0.6 is 0 Å². The Kier molecular flexibility index (Phi) is 4.85. The van der Waals surface area contributed by atoms with Gasteiger partial charge in [0, 0.05) is 11.5 Å². The summed E-state index contributed by atoms with van der Waals surface area (Å²) >= 11 is 0. The lowest BCUT2D eigenvalue weighted by Crippen LogP contribution is -2.53. The molecule has 0 unspecified atom stereocenters. The van der Waals surface area contributed by atoms with Gasteiger partial charge in [0.25, 0.3) is 0 Å². The van der Waals surface area contributed by atoms with Gasteiger partial charge in [0.05, 0.1) is 17.8 Å². The summed E-state index contributed by atoms with van der Waals surface area (Å²) in [5.41, 5.74) is -1.78. The topological polar surface area (TPSA) is 58.9 Å². The number of hydrogen-bond acceptors (Lipinski definition) is 4. The molecular formula is C16H24BFO4. The first-order valence-corrected chi connectivity index (χ1v) is 7.60. The van der Waals surface area contributed by atoms with Gasteiger partial charge in [-0.3, -0.25) is 0 Å². The van der Waals surface area contributed by atoms with E-state index in [-0.39, 0.29) is 5.75 Å². The molecule has 1 aromatic rings. The van der Waals surface area contributed by atoms with Crippen molar-refractivity contribution in [2.24, 2.45) is 5.92 Å². The van der Waals surface area contributed by atoms with Crippen molar-refractivity contribution < 1.29 is 23.9 Å². The molecule has 0 radical (unpaired) electrons. The predicted octanol–water partition coefficient (Wildman–Crippen LogP) is 1.87. The third-order valence-corrected chi connectivity index (χ3v) is 4.29. The fraction of sp³-hybridized carbons (Fsp3) is 0.625. The molecule has 6 heteroatoms. The van der Waals surface area contributed by atoms with Crippen molar-refractivity contribution in [1.82, 2.24) is 0 Å². The molecule has 1 aromatic carbocycles. The van der Waals surface area contributed by atoms with Crippen LogP contribution in [0.3, 0.4) is 0 Å². The third kappa shape index (κ3) is 4.21. The van der Waals surface area contributed by atoms with Gasteiger partial charge >= 0.3 is 7.12 Å². The molecule has 4 nitrogen and oxygen atoms in total. The second-order valence-corrected chi connectivity index (χ2v) is 6.98. The molecule has 0 atom stereocenters. The van der Waals surface area contributed by atoms with E-state index in [9.17, 15) is 14.5 Å². The Labute approximate surface area is 131 Å². The smallest absolute Gasteiger partial charge is 0.494 e. The normalized spacial score (nSPS) is 15.8. The monoisotopic (exact) mass is 310 g/mol. The molecule has 1 saturated carbocycles. The maximum Gasteiger partial charge on any atom is 0.495 e. The largest absolute Gasteiger partial charge is 0.495 e. The van der Waals surface area contributed by atoms with Gasteiger partial charge in [-0.05, 0) is 52.5 Å². The maximum absolute atomic E-state index is 13.4. The van der Waals surface area contributed by atoms with Crippen LogP contribution in [0.1, 0.15) is 40.5 Å². The number of benzene rings is 1. The lowest BCUT2D eigenvalue weighted by molar-refractivity contribution is -0.0983. The predicted molar refractivity (Wildman–Crippen MR) is 83.7 cm³/mol. The van der Waals surface area contributed by atoms with Gasteiger partial charge in [-0.1, -0.05) is 6.07 Å². The van der Waals surface area contributed by atoms with Crippen LogP contribution in [0, 0.1) is 11.7 Å². The highest BCUT2D eigenvalue weighted by Gasteiger charge is 2.40. The van der Waals surface area contributed by atoms with E-state index >= 15 is 0 Å². The van der Waals surface area contributed by atoms with Crippen molar-refractivity contribution in [2.75, 3.05) is 6.61 Å². The van der Waals surface area contributed by atoms with Crippen LogP contribution in [-0.2, 0) is 4.65 Å². The summed E-state index contributed by atoms with van der Waals surface area (Å²) in [6, 6.07) is 3.95. The Bertz CT molecular complexity index is 523. The standard InChI is InChI=1S/C16H24BFO4/c1-15(2,19)16(3,4)22-17(20)13-8-7-12(18)9-14(13)21-10-11-5-6-11/h7-9,11,19-20H,5-6,10H2,1-4H3. The first-order chi connectivity index (χ1) is 10.1. The van der Waals surface area contributed by atoms with Crippen LogP contribution in [0.25, 0.3) is 0 Å². The van der Waals surface area contributed by atoms with E-state index in [1.165, 1.54) is 18.2 Å². The van der Waals surface area contributed by atoms with Gasteiger partial charge in [0.15, 0.2) is 0 Å². The molecule has 1 fully saturated rings. The number of aliphatic hydroxyl groups is 1. The van der Waals surface area contributed by atoms with E-state index in [1.54, 1.807) is 27.7 Å². The van der Waals surface area contributed by atoms with Crippen molar-refractivity contribution in [3.8, 4) is 5.75 Å². The minimum absolute atomic E-state index is 0.283. The van der Waals surface area contributed by atoms with Crippen LogP contribution < -0.4 is 10.2 Å². The van der Waals surface area contributed by atoms with E-state index in [2.05, 4.69) is 0 Å². The lowest BCUT2D eigenvalue weighted by atomic mass is 9.76. The molecule has 1 aliphatic carbocycles. The van der Waals surface area contributed by atoms with Crippen molar-refractivity contribution in [2.45, 2.75) is 51.7 Å². The number of ether oxygens (including phenoxy) is 1. The van der Waals surface area contributed by atoms with Gasteiger partial charge in [-0.2, -0.15) is 0 Å². The summed E-state index contributed by atoms with van der Waals surface area (Å²) in [5.74, 6) is 0.372. The molecule has 122 valence electrons. The summed E-state index contributed by atoms with van der Waals surface area (Å²) in [7, 11) is -1.31. The second kappa shape index (κ2) is 6.18. The maximum atomic E-state index is 13.4. The van der Waals surface area contributed by atoms with E-state index < -0.39 is 24.1 Å². The third-order valence-electron chi connectivity index (χ3n) is 4.29. The average molecular weight is 310 g/mol. The Morgan fingerprint density at radius 1 is 1.27 bits per heavy atom. The Morgan fingerprint density at radius 2 is 1.91 bits per heavy atom. The van der Waals surface area contributed by atoms with Crippen LogP contribution in [0.4, 0.5) is 4.39 Å². The Morgan fingerprint density at radius 3 is 2.45 bits per heavy atom. The number of rotatable bonds is 7. The van der Waals surface area contributed by atoms with Crippen LogP contribution in [0.2, 0.25) is 0 Å². The molecule has 22 heavy (non-hydrogen) atoms. The fourth-order valence-corrected chi connectivity index (χ4v) is 1.82. The zero-order chi connectivity index (χ0) is 16.5. The van der Waals surface area contributed by atoms with Gasteiger partial charge < -0.3 is 19.5 Å². The lowest BCUT2D eigenvalue weighted by Gasteiger charge is -2.38. The van der Waals surface area contributed by atoms with Gasteiger partial charge in [-0.25, -0.2) is 4.39 Å². The van der Waals surface area contributed by atoms with E-state index in [1.807, 2.05) is 0 Å². The number of hydrogen-bond donors (Lipinski definition) is 2. The van der Waals surface area contributed by atoms with Crippen molar-refractivity contribution in [1.29, 1.82) is 0 Å². The molecule has 0 saturated heterocycles. The first-order valence-electron chi connectivity index (χ1n) is 7.60. The molecule has 0 heterocycles. The highest BCUT2D eigenvalue weighted by molar-refractivity contribution is 6.61. The molecule has 2 N–H and O–H groups in total. The summed E-state index contributed by atoms with van der Waals surface area (Å²) < 4.78 is 24.7. The molecule has 0 aromatic heterocycles. The first kappa shape index (κ1) is 17.3. The zero-order valence-electron chi connectivity index (χ0n) is 13.6. The Balaban J connectivity index is 2.15. The summed E-state index contributed by atoms with van der Waals surface area (Å²) in [6.45, 7) is 7.09. The molecule has 1 aliphatic rings. The fourth-order valence-electron chi connectivity index (χ4n) is 1.82. The van der Waals surface area contributed by atoms with Gasteiger partial charge in [0.1, 0.15) is 11.6 Å². The van der Waals surface area contributed by atoms with E-state index in [0.29, 0.717) is 18.0 Å². The zero-order valence-corrected chi connectivity index (χ0v) is 13.6. The highest BCUT2D eigenvalue weighted by atomic mass is 19.1. The molecule has 0 amide bonds. The van der Waals surface area contributed by atoms with Crippen LogP contribution in [-0.4, -0.2) is 35.1 Å². The van der Waals surface area contributed by atoms with E-state index in [0.717, 1.165) is 12.8 Å². The SMILES string of the molecule is CC(C)(O)C(C)(C)OB(O)c1ccc(F)cc1OCC1CC1. The minimum atomic E-state index is -1.31. The highest BCUT2D eigenvalue weighted by Crippen LogP contribution is 2.30. The van der Waals surface area contributed by atoms with Crippen LogP contribution in [0.15, 0.2) is 18.2 Å². The number of halogens is 1. The van der Waals surface area contributed by atoms with Crippen molar-refractivity contribution in [3.63, 3.8) is 0 Å². The molecular weight excluding hydrogens is 286 g/mol. The quantitative estimate of drug-likeness (QED) is 0.755. The molecule has 0 spiro atoms. The van der Waals surface area contributed by atoms with Crippen molar-refractivity contribution in [3.05, 3.63) is 24.0 Å². The molecule has 2 rings (SSSR count). The minimum Gasteiger partial charge on any atom is -0.494 e. The summed E-state index contributed by atoms with van der Waals surface area (Å²) in [5, 5.41) is 20.4. The summed E-state index contributed by atoms with van der Waals surface area (Å²) in [4.78, 5) is 0. The Hall–Kier alpha value is -1.11. The second-order valence-electron chi connectivity index (χ2n) is 6.98.